The van der Waals surface area contributed by atoms with Crippen molar-refractivity contribution in [2.75, 3.05) is 13.1 Å². The zero-order chi connectivity index (χ0) is 28.1. The summed E-state index contributed by atoms with van der Waals surface area (Å²) in [6.07, 6.45) is 0.0267. The highest BCUT2D eigenvalue weighted by Crippen LogP contribution is 2.40. The van der Waals surface area contributed by atoms with Gasteiger partial charge in [0.25, 0.3) is 5.56 Å². The molecule has 0 spiro atoms. The number of rotatable bonds is 7. The van der Waals surface area contributed by atoms with Crippen molar-refractivity contribution in [2.24, 2.45) is 0 Å². The fraction of sp³-hybridized carbons (Fsp3) is 0.448. The molecule has 3 aromatic rings. The van der Waals surface area contributed by atoms with Crippen LogP contribution in [0, 0.1) is 0 Å². The van der Waals surface area contributed by atoms with Crippen LogP contribution in [0.1, 0.15) is 63.3 Å². The summed E-state index contributed by atoms with van der Waals surface area (Å²) < 4.78 is 12.5. The van der Waals surface area contributed by atoms with Crippen molar-refractivity contribution in [1.82, 2.24) is 19.8 Å². The minimum atomic E-state index is -1.88. The van der Waals surface area contributed by atoms with E-state index in [9.17, 15) is 19.5 Å². The predicted molar refractivity (Wildman–Crippen MR) is 145 cm³/mol. The lowest BCUT2D eigenvalue weighted by molar-refractivity contribution is -0.172. The lowest BCUT2D eigenvalue weighted by Crippen LogP contribution is -2.47. The van der Waals surface area contributed by atoms with E-state index in [2.05, 4.69) is 10.2 Å². The number of fused-ring (bicyclic) bond motifs is 5. The zero-order valence-corrected chi connectivity index (χ0v) is 23.0. The molecule has 10 heteroatoms. The first-order valence-corrected chi connectivity index (χ1v) is 13.5. The SMILES string of the molecule is CCc1ccc(OC(=O)NC(C)N(CC)CC)c2cc3c(nc12)-c1cc2c(c(=O)n1C3)COC(=O)[C@]2(O)CC. The normalized spacial score (nSPS) is 18.4. The Morgan fingerprint density at radius 1 is 1.23 bits per heavy atom. The highest BCUT2D eigenvalue weighted by atomic mass is 16.6. The van der Waals surface area contributed by atoms with Gasteiger partial charge >= 0.3 is 12.1 Å². The average molecular weight is 535 g/mol. The van der Waals surface area contributed by atoms with E-state index in [-0.39, 0.29) is 42.4 Å². The van der Waals surface area contributed by atoms with E-state index in [4.69, 9.17) is 14.5 Å². The van der Waals surface area contributed by atoms with Gasteiger partial charge in [0, 0.05) is 16.5 Å². The van der Waals surface area contributed by atoms with Crippen LogP contribution in [0.4, 0.5) is 4.79 Å². The molecule has 0 fully saturated rings. The van der Waals surface area contributed by atoms with Gasteiger partial charge in [0.05, 0.1) is 35.2 Å². The molecule has 1 aromatic carbocycles. The first-order valence-electron chi connectivity index (χ1n) is 13.5. The number of ether oxygens (including phenoxy) is 2. The highest BCUT2D eigenvalue weighted by molar-refractivity contribution is 5.93. The summed E-state index contributed by atoms with van der Waals surface area (Å²) in [6, 6.07) is 7.26. The number of nitrogens with zero attached hydrogens (tertiary/aromatic N) is 3. The number of pyridine rings is 2. The predicted octanol–water partition coefficient (Wildman–Crippen LogP) is 3.42. The second kappa shape index (κ2) is 10.1. The molecular weight excluding hydrogens is 500 g/mol. The summed E-state index contributed by atoms with van der Waals surface area (Å²) in [5, 5.41) is 14.7. The van der Waals surface area contributed by atoms with Gasteiger partial charge in [0.15, 0.2) is 5.60 Å². The summed E-state index contributed by atoms with van der Waals surface area (Å²) in [6.45, 7) is 11.3. The molecule has 2 aromatic heterocycles. The Morgan fingerprint density at radius 3 is 2.64 bits per heavy atom. The van der Waals surface area contributed by atoms with E-state index in [0.29, 0.717) is 34.5 Å². The van der Waals surface area contributed by atoms with Crippen molar-refractivity contribution in [3.63, 3.8) is 0 Å². The molecule has 0 bridgehead atoms. The van der Waals surface area contributed by atoms with Crippen LogP contribution in [-0.4, -0.2) is 50.9 Å². The number of nitrogens with one attached hydrogen (secondary N) is 1. The van der Waals surface area contributed by atoms with Gasteiger partial charge in [-0.25, -0.2) is 14.6 Å². The second-order valence-electron chi connectivity index (χ2n) is 10.0. The van der Waals surface area contributed by atoms with Gasteiger partial charge in [0.1, 0.15) is 12.4 Å². The molecule has 2 N–H and O–H groups in total. The van der Waals surface area contributed by atoms with Crippen molar-refractivity contribution < 1.29 is 24.2 Å². The van der Waals surface area contributed by atoms with E-state index in [0.717, 1.165) is 24.2 Å². The van der Waals surface area contributed by atoms with Gasteiger partial charge < -0.3 is 24.5 Å². The number of carbonyl (C=O) groups is 2. The van der Waals surface area contributed by atoms with Crippen LogP contribution in [0.5, 0.6) is 5.75 Å². The van der Waals surface area contributed by atoms with Crippen molar-refractivity contribution in [2.45, 2.75) is 72.4 Å². The topological polar surface area (TPSA) is 123 Å². The number of aliphatic hydroxyl groups is 1. The number of carbonyl (C=O) groups excluding carboxylic acids is 2. The molecule has 0 radical (unpaired) electrons. The van der Waals surface area contributed by atoms with E-state index in [1.807, 2.05) is 39.8 Å². The summed E-state index contributed by atoms with van der Waals surface area (Å²) in [7, 11) is 0. The van der Waals surface area contributed by atoms with Crippen molar-refractivity contribution in [1.29, 1.82) is 0 Å². The fourth-order valence-electron chi connectivity index (χ4n) is 5.63. The maximum atomic E-state index is 13.5. The molecule has 2 aliphatic rings. The van der Waals surface area contributed by atoms with Crippen LogP contribution in [0.2, 0.25) is 0 Å². The van der Waals surface area contributed by atoms with E-state index >= 15 is 0 Å². The van der Waals surface area contributed by atoms with Gasteiger partial charge in [-0.1, -0.05) is 33.8 Å². The Balaban J connectivity index is 1.59. The van der Waals surface area contributed by atoms with Crippen LogP contribution in [0.15, 0.2) is 29.1 Å². The van der Waals surface area contributed by atoms with Gasteiger partial charge in [0.2, 0.25) is 0 Å². The van der Waals surface area contributed by atoms with Gasteiger partial charge in [-0.3, -0.25) is 9.69 Å². The third-order valence-electron chi connectivity index (χ3n) is 7.99. The maximum Gasteiger partial charge on any atom is 0.413 e. The summed E-state index contributed by atoms with van der Waals surface area (Å²) in [5.41, 5.74) is 1.91. The first kappa shape index (κ1) is 26.8. The van der Waals surface area contributed by atoms with Crippen molar-refractivity contribution in [3.8, 4) is 17.1 Å². The summed E-state index contributed by atoms with van der Waals surface area (Å²) in [4.78, 5) is 45.8. The molecule has 39 heavy (non-hydrogen) atoms. The number of hydrogen-bond donors (Lipinski definition) is 2. The molecule has 2 atom stereocenters. The minimum Gasteiger partial charge on any atom is -0.458 e. The number of amides is 1. The Labute approximate surface area is 226 Å². The summed E-state index contributed by atoms with van der Waals surface area (Å²) in [5.74, 6) is -0.376. The van der Waals surface area contributed by atoms with Crippen LogP contribution in [0.3, 0.4) is 0 Å². The monoisotopic (exact) mass is 534 g/mol. The Hall–Kier alpha value is -3.76. The number of esters is 1. The lowest BCUT2D eigenvalue weighted by atomic mass is 9.86. The maximum absolute atomic E-state index is 13.5. The number of benzene rings is 1. The number of aromatic nitrogens is 2. The summed E-state index contributed by atoms with van der Waals surface area (Å²) >= 11 is 0. The van der Waals surface area contributed by atoms with Crippen LogP contribution < -0.4 is 15.6 Å². The van der Waals surface area contributed by atoms with Crippen molar-refractivity contribution in [3.05, 3.63) is 56.9 Å². The minimum absolute atomic E-state index is 0.0787. The van der Waals surface area contributed by atoms with Crippen LogP contribution in [0.25, 0.3) is 22.3 Å². The van der Waals surface area contributed by atoms with E-state index < -0.39 is 17.7 Å². The molecular formula is C29H34N4O6. The molecule has 1 amide bonds. The molecule has 5 rings (SSSR count). The Bertz CT molecular complexity index is 1540. The second-order valence-corrected chi connectivity index (χ2v) is 10.0. The fourth-order valence-corrected chi connectivity index (χ4v) is 5.63. The van der Waals surface area contributed by atoms with Crippen molar-refractivity contribution >= 4 is 23.0 Å². The standard InChI is InChI=1S/C29H34N4O6/c1-6-17-10-11-23(39-28(36)30-16(5)32(8-3)9-4)19-12-18-14-33-22(25(18)31-24(17)19)13-21-20(26(33)34)15-38-27(35)29(21,37)7-2/h10-13,16,37H,6-9,14-15H2,1-5H3,(H,30,36)/t16?,29-/m0/s1. The lowest BCUT2D eigenvalue weighted by Gasteiger charge is -2.31. The number of hydrogen-bond acceptors (Lipinski definition) is 8. The molecule has 4 heterocycles. The Morgan fingerprint density at radius 2 is 1.97 bits per heavy atom. The largest absolute Gasteiger partial charge is 0.458 e. The molecule has 2 aliphatic heterocycles. The smallest absolute Gasteiger partial charge is 0.413 e. The molecule has 0 saturated carbocycles. The molecule has 0 aliphatic carbocycles. The zero-order valence-electron chi connectivity index (χ0n) is 23.0. The van der Waals surface area contributed by atoms with E-state index in [1.165, 1.54) is 0 Å². The van der Waals surface area contributed by atoms with E-state index in [1.54, 1.807) is 23.6 Å². The third-order valence-corrected chi connectivity index (χ3v) is 7.99. The average Bonchev–Trinajstić information content (AvgIpc) is 3.29. The highest BCUT2D eigenvalue weighted by Gasteiger charge is 2.45. The van der Waals surface area contributed by atoms with Gasteiger partial charge in [-0.15, -0.1) is 0 Å². The number of aryl methyl sites for hydroxylation is 1. The third kappa shape index (κ3) is 4.28. The van der Waals surface area contributed by atoms with Gasteiger partial charge in [-0.2, -0.15) is 0 Å². The number of cyclic esters (lactones) is 1. The molecule has 1 unspecified atom stereocenters. The van der Waals surface area contributed by atoms with Crippen LogP contribution in [-0.2, 0) is 34.7 Å². The van der Waals surface area contributed by atoms with Crippen LogP contribution >= 0.6 is 0 Å². The molecule has 206 valence electrons. The quantitative estimate of drug-likeness (QED) is 0.273. The first-order chi connectivity index (χ1) is 18.7. The molecule has 10 nitrogen and oxygen atoms in total. The molecule has 0 saturated heterocycles. The van der Waals surface area contributed by atoms with Gasteiger partial charge in [-0.05, 0) is 56.6 Å². The Kier molecular flexibility index (Phi) is 6.94.